The molecular formula is C20H15Cl2N3O4. The minimum Gasteiger partial charge on any atom is -0.322 e. The number of nitrogens with one attached hydrogen (secondary N) is 1. The van der Waals surface area contributed by atoms with Crippen LogP contribution in [-0.4, -0.2) is 40.6 Å². The van der Waals surface area contributed by atoms with Gasteiger partial charge in [-0.05, 0) is 38.1 Å². The van der Waals surface area contributed by atoms with Gasteiger partial charge in [-0.15, -0.1) is 0 Å². The standard InChI is InChI=1S/C20H15Cl2N3O4/c1-20(2)19(29)23-14-5-3-4-6-15(14)25(20)16(26)9-24-17(27)10-7-12(21)13(22)8-11(10)18(24)28/h3-8H,9H2,1-2H3,(H,23,29). The van der Waals surface area contributed by atoms with E-state index in [0.29, 0.717) is 11.4 Å². The lowest BCUT2D eigenvalue weighted by Crippen LogP contribution is -2.60. The lowest BCUT2D eigenvalue weighted by Gasteiger charge is -2.42. The van der Waals surface area contributed by atoms with Crippen LogP contribution < -0.4 is 10.2 Å². The first kappa shape index (κ1) is 19.4. The van der Waals surface area contributed by atoms with Crippen molar-refractivity contribution in [3.05, 3.63) is 57.6 Å². The maximum atomic E-state index is 13.2. The Morgan fingerprint density at radius 3 is 2.14 bits per heavy atom. The van der Waals surface area contributed by atoms with E-state index in [-0.39, 0.29) is 27.1 Å². The fourth-order valence-electron chi connectivity index (χ4n) is 3.53. The fraction of sp³-hybridized carbons (Fsp3) is 0.200. The number of carbonyl (C=O) groups excluding carboxylic acids is 4. The molecule has 7 nitrogen and oxygen atoms in total. The molecular weight excluding hydrogens is 417 g/mol. The Morgan fingerprint density at radius 2 is 1.55 bits per heavy atom. The lowest BCUT2D eigenvalue weighted by atomic mass is 9.96. The van der Waals surface area contributed by atoms with Crippen molar-refractivity contribution < 1.29 is 19.2 Å². The number of benzene rings is 2. The number of rotatable bonds is 2. The van der Waals surface area contributed by atoms with Crippen LogP contribution in [0.5, 0.6) is 0 Å². The van der Waals surface area contributed by atoms with E-state index >= 15 is 0 Å². The number of hydrogen-bond donors (Lipinski definition) is 1. The van der Waals surface area contributed by atoms with E-state index < -0.39 is 29.8 Å². The summed E-state index contributed by atoms with van der Waals surface area (Å²) in [6, 6.07) is 9.47. The highest BCUT2D eigenvalue weighted by Gasteiger charge is 2.45. The third-order valence-electron chi connectivity index (χ3n) is 5.06. The molecule has 0 saturated carbocycles. The van der Waals surface area contributed by atoms with Crippen LogP contribution in [0.15, 0.2) is 36.4 Å². The molecule has 148 valence electrons. The van der Waals surface area contributed by atoms with Gasteiger partial charge in [-0.1, -0.05) is 35.3 Å². The topological polar surface area (TPSA) is 86.8 Å². The van der Waals surface area contributed by atoms with Crippen molar-refractivity contribution in [1.29, 1.82) is 0 Å². The summed E-state index contributed by atoms with van der Waals surface area (Å²) in [5.41, 5.74) is -0.0612. The first-order valence-corrected chi connectivity index (χ1v) is 9.47. The van der Waals surface area contributed by atoms with Crippen molar-refractivity contribution in [3.63, 3.8) is 0 Å². The predicted molar refractivity (Wildman–Crippen MR) is 108 cm³/mol. The molecule has 4 amide bonds. The van der Waals surface area contributed by atoms with Crippen LogP contribution in [0.1, 0.15) is 34.6 Å². The lowest BCUT2D eigenvalue weighted by molar-refractivity contribution is -0.126. The van der Waals surface area contributed by atoms with E-state index in [1.807, 2.05) is 0 Å². The molecule has 1 N–H and O–H groups in total. The minimum atomic E-state index is -1.21. The molecule has 2 aliphatic rings. The summed E-state index contributed by atoms with van der Waals surface area (Å²) in [6.07, 6.45) is 0. The Bertz CT molecular complexity index is 1070. The number of para-hydroxylation sites is 2. The number of imide groups is 1. The Kier molecular flexibility index (Phi) is 4.40. The van der Waals surface area contributed by atoms with Crippen molar-refractivity contribution in [3.8, 4) is 0 Å². The summed E-state index contributed by atoms with van der Waals surface area (Å²) in [4.78, 5) is 53.3. The van der Waals surface area contributed by atoms with E-state index in [9.17, 15) is 19.2 Å². The molecule has 0 saturated heterocycles. The third-order valence-corrected chi connectivity index (χ3v) is 5.78. The average Bonchev–Trinajstić information content (AvgIpc) is 2.87. The van der Waals surface area contributed by atoms with Crippen molar-refractivity contribution in [2.75, 3.05) is 16.8 Å². The Labute approximate surface area is 176 Å². The van der Waals surface area contributed by atoms with E-state index in [2.05, 4.69) is 5.32 Å². The number of carbonyl (C=O) groups is 4. The number of anilines is 2. The van der Waals surface area contributed by atoms with Gasteiger partial charge in [-0.25, -0.2) is 0 Å². The Morgan fingerprint density at radius 1 is 1.00 bits per heavy atom. The van der Waals surface area contributed by atoms with E-state index in [1.165, 1.54) is 17.0 Å². The molecule has 29 heavy (non-hydrogen) atoms. The second-order valence-electron chi connectivity index (χ2n) is 7.27. The fourth-order valence-corrected chi connectivity index (χ4v) is 3.86. The minimum absolute atomic E-state index is 0.0910. The van der Waals surface area contributed by atoms with E-state index in [4.69, 9.17) is 23.2 Å². The van der Waals surface area contributed by atoms with E-state index in [0.717, 1.165) is 4.90 Å². The molecule has 0 unspecified atom stereocenters. The SMILES string of the molecule is CC1(C)C(=O)Nc2ccccc2N1C(=O)CN1C(=O)c2cc(Cl)c(Cl)cc2C1=O. The molecule has 0 spiro atoms. The van der Waals surface area contributed by atoms with Crippen molar-refractivity contribution in [2.24, 2.45) is 0 Å². The van der Waals surface area contributed by atoms with Gasteiger partial charge >= 0.3 is 0 Å². The maximum absolute atomic E-state index is 13.2. The van der Waals surface area contributed by atoms with Crippen LogP contribution in [0, 0.1) is 0 Å². The van der Waals surface area contributed by atoms with Gasteiger partial charge < -0.3 is 5.32 Å². The molecule has 0 radical (unpaired) electrons. The van der Waals surface area contributed by atoms with E-state index in [1.54, 1.807) is 38.1 Å². The highest BCUT2D eigenvalue weighted by atomic mass is 35.5. The van der Waals surface area contributed by atoms with Gasteiger partial charge in [0.1, 0.15) is 12.1 Å². The first-order chi connectivity index (χ1) is 13.6. The summed E-state index contributed by atoms with van der Waals surface area (Å²) < 4.78 is 0. The quantitative estimate of drug-likeness (QED) is 0.738. The zero-order valence-corrected chi connectivity index (χ0v) is 17.0. The van der Waals surface area contributed by atoms with Crippen LogP contribution >= 0.6 is 23.2 Å². The zero-order chi connectivity index (χ0) is 21.1. The van der Waals surface area contributed by atoms with Crippen LogP contribution in [0.4, 0.5) is 11.4 Å². The Balaban J connectivity index is 1.69. The molecule has 0 atom stereocenters. The summed E-state index contributed by atoms with van der Waals surface area (Å²) in [6.45, 7) is 2.67. The number of hydrogen-bond acceptors (Lipinski definition) is 4. The van der Waals surface area contributed by atoms with Gasteiger partial charge in [0.2, 0.25) is 11.8 Å². The number of amides is 4. The zero-order valence-electron chi connectivity index (χ0n) is 15.5. The molecule has 0 bridgehead atoms. The van der Waals surface area contributed by atoms with Crippen LogP contribution in [-0.2, 0) is 9.59 Å². The number of fused-ring (bicyclic) bond motifs is 2. The maximum Gasteiger partial charge on any atom is 0.262 e. The van der Waals surface area contributed by atoms with Crippen molar-refractivity contribution >= 4 is 58.2 Å². The molecule has 2 aromatic rings. The van der Waals surface area contributed by atoms with Crippen LogP contribution in [0.2, 0.25) is 10.0 Å². The number of halogens is 2. The average molecular weight is 432 g/mol. The molecule has 0 aromatic heterocycles. The molecule has 4 rings (SSSR count). The molecule has 9 heteroatoms. The second kappa shape index (κ2) is 6.57. The second-order valence-corrected chi connectivity index (χ2v) is 8.08. The summed E-state index contributed by atoms with van der Waals surface area (Å²) >= 11 is 11.9. The van der Waals surface area contributed by atoms with Crippen LogP contribution in [0.25, 0.3) is 0 Å². The van der Waals surface area contributed by atoms with Gasteiger partial charge in [0.15, 0.2) is 0 Å². The molecule has 0 fully saturated rings. The Hall–Kier alpha value is -2.90. The molecule has 2 aliphatic heterocycles. The monoisotopic (exact) mass is 431 g/mol. The van der Waals surface area contributed by atoms with Gasteiger partial charge in [-0.3, -0.25) is 29.0 Å². The summed E-state index contributed by atoms with van der Waals surface area (Å²) in [5, 5.41) is 3.05. The van der Waals surface area contributed by atoms with Gasteiger partial charge in [-0.2, -0.15) is 0 Å². The van der Waals surface area contributed by atoms with Gasteiger partial charge in [0.05, 0.1) is 32.5 Å². The van der Waals surface area contributed by atoms with Crippen molar-refractivity contribution in [2.45, 2.75) is 19.4 Å². The highest BCUT2D eigenvalue weighted by molar-refractivity contribution is 6.43. The molecule has 2 aromatic carbocycles. The third kappa shape index (κ3) is 2.89. The summed E-state index contributed by atoms with van der Waals surface area (Å²) in [5.74, 6) is -2.21. The predicted octanol–water partition coefficient (Wildman–Crippen LogP) is 3.35. The number of nitrogens with zero attached hydrogens (tertiary/aromatic N) is 2. The normalized spacial score (nSPS) is 17.2. The molecule has 0 aliphatic carbocycles. The van der Waals surface area contributed by atoms with Crippen LogP contribution in [0.3, 0.4) is 0 Å². The van der Waals surface area contributed by atoms with Gasteiger partial charge in [0.25, 0.3) is 11.8 Å². The first-order valence-electron chi connectivity index (χ1n) is 8.71. The van der Waals surface area contributed by atoms with Gasteiger partial charge in [0, 0.05) is 0 Å². The largest absolute Gasteiger partial charge is 0.322 e. The smallest absolute Gasteiger partial charge is 0.262 e. The molecule has 2 heterocycles. The van der Waals surface area contributed by atoms with Crippen molar-refractivity contribution in [1.82, 2.24) is 4.90 Å². The summed E-state index contributed by atoms with van der Waals surface area (Å²) in [7, 11) is 0. The highest BCUT2D eigenvalue weighted by Crippen LogP contribution is 2.37.